The quantitative estimate of drug-likeness (QED) is 0.816. The maximum absolute atomic E-state index is 3.54. The van der Waals surface area contributed by atoms with E-state index in [-0.39, 0.29) is 0 Å². The molecular formula is C17H25NSSi. The van der Waals surface area contributed by atoms with Crippen molar-refractivity contribution in [1.29, 1.82) is 0 Å². The van der Waals surface area contributed by atoms with Crippen LogP contribution in [0, 0.1) is 13.8 Å². The van der Waals surface area contributed by atoms with Gasteiger partial charge in [0.25, 0.3) is 0 Å². The lowest BCUT2D eigenvalue weighted by Gasteiger charge is -2.16. The van der Waals surface area contributed by atoms with Crippen molar-refractivity contribution in [2.75, 3.05) is 0 Å². The number of hydrogen-bond donors (Lipinski definition) is 1. The molecule has 0 aliphatic rings. The largest absolute Gasteiger partial charge is 0.308 e. The summed E-state index contributed by atoms with van der Waals surface area (Å²) in [5.74, 6) is 0. The summed E-state index contributed by atoms with van der Waals surface area (Å²) in [6.07, 6.45) is 0. The first-order chi connectivity index (χ1) is 9.36. The smallest absolute Gasteiger partial charge is 0.0775 e. The minimum atomic E-state index is -1.16. The van der Waals surface area contributed by atoms with Crippen LogP contribution in [0.5, 0.6) is 0 Å². The van der Waals surface area contributed by atoms with Crippen LogP contribution in [-0.2, 0) is 13.1 Å². The van der Waals surface area contributed by atoms with E-state index in [1.807, 2.05) is 11.3 Å². The summed E-state index contributed by atoms with van der Waals surface area (Å²) in [6.45, 7) is 13.5. The summed E-state index contributed by atoms with van der Waals surface area (Å²) >= 11 is 1.90. The van der Waals surface area contributed by atoms with Gasteiger partial charge in [0.2, 0.25) is 0 Å². The van der Waals surface area contributed by atoms with E-state index in [1.165, 1.54) is 26.1 Å². The van der Waals surface area contributed by atoms with E-state index < -0.39 is 8.07 Å². The first kappa shape index (κ1) is 15.5. The van der Waals surface area contributed by atoms with E-state index in [1.54, 1.807) is 0 Å². The van der Waals surface area contributed by atoms with Crippen molar-refractivity contribution in [1.82, 2.24) is 5.32 Å². The molecule has 0 unspecified atom stereocenters. The molecule has 108 valence electrons. The molecule has 0 radical (unpaired) electrons. The monoisotopic (exact) mass is 303 g/mol. The van der Waals surface area contributed by atoms with Crippen molar-refractivity contribution >= 4 is 24.6 Å². The number of rotatable bonds is 5. The zero-order valence-corrected chi connectivity index (χ0v) is 15.0. The molecule has 0 bridgehead atoms. The van der Waals surface area contributed by atoms with E-state index in [0.29, 0.717) is 0 Å². The minimum Gasteiger partial charge on any atom is -0.308 e. The van der Waals surface area contributed by atoms with Gasteiger partial charge in [-0.25, -0.2) is 0 Å². The van der Waals surface area contributed by atoms with Gasteiger partial charge in [-0.3, -0.25) is 0 Å². The number of nitrogens with one attached hydrogen (secondary N) is 1. The maximum Gasteiger partial charge on any atom is 0.0775 e. The second-order valence-electron chi connectivity index (χ2n) is 6.50. The molecule has 1 nitrogen and oxygen atoms in total. The normalized spacial score (nSPS) is 11.8. The van der Waals surface area contributed by atoms with Gasteiger partial charge in [0.1, 0.15) is 0 Å². The lowest BCUT2D eigenvalue weighted by Crippen LogP contribution is -2.37. The van der Waals surface area contributed by atoms with Crippen LogP contribution >= 0.6 is 11.3 Å². The van der Waals surface area contributed by atoms with E-state index in [0.717, 1.165) is 13.1 Å². The van der Waals surface area contributed by atoms with E-state index in [9.17, 15) is 0 Å². The first-order valence-electron chi connectivity index (χ1n) is 7.22. The molecule has 2 rings (SSSR count). The SMILES string of the molecule is Cc1cc(CNCc2ccc([Si](C)(C)C)cc2)sc1C. The highest BCUT2D eigenvalue weighted by atomic mass is 32.1. The summed E-state index contributed by atoms with van der Waals surface area (Å²) in [5.41, 5.74) is 2.78. The fraction of sp³-hybridized carbons (Fsp3) is 0.412. The van der Waals surface area contributed by atoms with E-state index in [4.69, 9.17) is 0 Å². The molecule has 0 aliphatic heterocycles. The Balaban J connectivity index is 1.88. The molecule has 0 spiro atoms. The van der Waals surface area contributed by atoms with Crippen LogP contribution in [0.25, 0.3) is 0 Å². The van der Waals surface area contributed by atoms with Gasteiger partial charge < -0.3 is 5.32 Å². The zero-order chi connectivity index (χ0) is 14.8. The van der Waals surface area contributed by atoms with E-state index >= 15 is 0 Å². The molecule has 1 aromatic carbocycles. The number of benzene rings is 1. The predicted octanol–water partition coefficient (Wildman–Crippen LogP) is 4.20. The zero-order valence-electron chi connectivity index (χ0n) is 13.2. The predicted molar refractivity (Wildman–Crippen MR) is 93.8 cm³/mol. The summed E-state index contributed by atoms with van der Waals surface area (Å²) in [5, 5.41) is 5.07. The minimum absolute atomic E-state index is 0.946. The fourth-order valence-corrected chi connectivity index (χ4v) is 4.38. The molecule has 20 heavy (non-hydrogen) atoms. The molecule has 1 N–H and O–H groups in total. The maximum atomic E-state index is 3.54. The topological polar surface area (TPSA) is 12.0 Å². The van der Waals surface area contributed by atoms with Crippen LogP contribution in [-0.4, -0.2) is 8.07 Å². The van der Waals surface area contributed by atoms with Crippen molar-refractivity contribution in [3.05, 3.63) is 51.2 Å². The number of thiophene rings is 1. The van der Waals surface area contributed by atoms with Crippen molar-refractivity contribution < 1.29 is 0 Å². The lowest BCUT2D eigenvalue weighted by molar-refractivity contribution is 0.701. The average Bonchev–Trinajstić information content (AvgIpc) is 2.68. The first-order valence-corrected chi connectivity index (χ1v) is 11.5. The molecule has 0 amide bonds. The Labute approximate surface area is 128 Å². The Morgan fingerprint density at radius 2 is 1.65 bits per heavy atom. The van der Waals surface area contributed by atoms with Crippen LogP contribution in [0.4, 0.5) is 0 Å². The molecule has 0 aliphatic carbocycles. The summed E-state index contributed by atoms with van der Waals surface area (Å²) in [4.78, 5) is 2.86. The summed E-state index contributed by atoms with van der Waals surface area (Å²) in [6, 6.07) is 11.4. The molecular weight excluding hydrogens is 278 g/mol. The molecule has 3 heteroatoms. The Morgan fingerprint density at radius 1 is 1.00 bits per heavy atom. The Morgan fingerprint density at radius 3 is 2.15 bits per heavy atom. The lowest BCUT2D eigenvalue weighted by atomic mass is 10.2. The van der Waals surface area contributed by atoms with Crippen molar-refractivity contribution in [2.45, 2.75) is 46.6 Å². The van der Waals surface area contributed by atoms with Crippen molar-refractivity contribution in [2.24, 2.45) is 0 Å². The highest BCUT2D eigenvalue weighted by Gasteiger charge is 2.15. The van der Waals surface area contributed by atoms with Gasteiger partial charge in [0, 0.05) is 22.8 Å². The third kappa shape index (κ3) is 4.04. The van der Waals surface area contributed by atoms with Gasteiger partial charge in [0.15, 0.2) is 0 Å². The molecule has 0 atom stereocenters. The number of hydrogen-bond acceptors (Lipinski definition) is 2. The van der Waals surface area contributed by atoms with Crippen LogP contribution in [0.1, 0.15) is 20.9 Å². The van der Waals surface area contributed by atoms with Gasteiger partial charge in [-0.15, -0.1) is 11.3 Å². The standard InChI is InChI=1S/C17H25NSSi/c1-13-10-16(19-14(13)2)12-18-11-15-6-8-17(9-7-15)20(3,4)5/h6-10,18H,11-12H2,1-5H3. The highest BCUT2D eigenvalue weighted by molar-refractivity contribution is 7.12. The van der Waals surface area contributed by atoms with Gasteiger partial charge in [-0.1, -0.05) is 49.1 Å². The molecule has 0 saturated heterocycles. The molecule has 0 fully saturated rings. The molecule has 2 aromatic rings. The van der Waals surface area contributed by atoms with Gasteiger partial charge in [-0.2, -0.15) is 0 Å². The highest BCUT2D eigenvalue weighted by Crippen LogP contribution is 2.20. The van der Waals surface area contributed by atoms with Crippen LogP contribution < -0.4 is 10.5 Å². The van der Waals surface area contributed by atoms with Gasteiger partial charge >= 0.3 is 0 Å². The van der Waals surface area contributed by atoms with Crippen molar-refractivity contribution in [3.63, 3.8) is 0 Å². The fourth-order valence-electron chi connectivity index (χ4n) is 2.19. The molecule has 1 aromatic heterocycles. The second-order valence-corrected chi connectivity index (χ2v) is 12.9. The Kier molecular flexibility index (Phi) is 4.84. The van der Waals surface area contributed by atoms with Gasteiger partial charge in [0.05, 0.1) is 8.07 Å². The Hall–Kier alpha value is -0.903. The Bertz CT molecular complexity index is 544. The second kappa shape index (κ2) is 6.25. The van der Waals surface area contributed by atoms with Crippen molar-refractivity contribution in [3.8, 4) is 0 Å². The molecule has 0 saturated carbocycles. The third-order valence-electron chi connectivity index (χ3n) is 3.67. The van der Waals surface area contributed by atoms with E-state index in [2.05, 4.69) is 69.1 Å². The summed E-state index contributed by atoms with van der Waals surface area (Å²) < 4.78 is 0. The van der Waals surface area contributed by atoms with Crippen LogP contribution in [0.3, 0.4) is 0 Å². The van der Waals surface area contributed by atoms with Crippen LogP contribution in [0.15, 0.2) is 30.3 Å². The third-order valence-corrected chi connectivity index (χ3v) is 6.88. The number of aryl methyl sites for hydroxylation is 2. The summed E-state index contributed by atoms with van der Waals surface area (Å²) in [7, 11) is -1.16. The van der Waals surface area contributed by atoms with Gasteiger partial charge in [-0.05, 0) is 31.0 Å². The van der Waals surface area contributed by atoms with Crippen LogP contribution in [0.2, 0.25) is 19.6 Å². The molecule has 1 heterocycles. The average molecular weight is 304 g/mol.